The highest BCUT2D eigenvalue weighted by atomic mass is 32.2. The third kappa shape index (κ3) is 3.75. The Morgan fingerprint density at radius 3 is 2.46 bits per heavy atom. The first-order chi connectivity index (χ1) is 11.4. The second-order valence-electron chi connectivity index (χ2n) is 6.44. The maximum atomic E-state index is 13.8. The van der Waals surface area contributed by atoms with Crippen LogP contribution in [-0.4, -0.2) is 38.3 Å². The molecule has 1 amide bonds. The highest BCUT2D eigenvalue weighted by molar-refractivity contribution is 7.89. The van der Waals surface area contributed by atoms with E-state index < -0.39 is 26.6 Å². The van der Waals surface area contributed by atoms with Crippen LogP contribution in [0.1, 0.15) is 25.7 Å². The number of hydrogen-bond donors (Lipinski definition) is 1. The van der Waals surface area contributed by atoms with Gasteiger partial charge in [0.15, 0.2) is 0 Å². The fraction of sp³-hybridized carbons (Fsp3) is 0.562. The number of halogens is 2. The minimum Gasteiger partial charge on any atom is -0.356 e. The smallest absolute Gasteiger partial charge is 0.246 e. The summed E-state index contributed by atoms with van der Waals surface area (Å²) in [6.07, 6.45) is 3.06. The number of sulfonamides is 1. The van der Waals surface area contributed by atoms with E-state index >= 15 is 0 Å². The molecule has 1 aromatic rings. The van der Waals surface area contributed by atoms with E-state index in [9.17, 15) is 22.0 Å². The van der Waals surface area contributed by atoms with Gasteiger partial charge in [-0.2, -0.15) is 4.31 Å². The SMILES string of the molecule is O=C(NCC1CC1)C1CCN(S(=O)(=O)c2cc(F)ccc2F)CC1. The van der Waals surface area contributed by atoms with Crippen LogP contribution in [0.15, 0.2) is 23.1 Å². The van der Waals surface area contributed by atoms with Crippen molar-refractivity contribution in [1.29, 1.82) is 0 Å². The fourth-order valence-electron chi connectivity index (χ4n) is 2.88. The summed E-state index contributed by atoms with van der Waals surface area (Å²) in [6, 6.07) is 2.38. The Bertz CT molecular complexity index is 727. The predicted octanol–water partition coefficient (Wildman–Crippen LogP) is 1.89. The van der Waals surface area contributed by atoms with Crippen molar-refractivity contribution in [2.24, 2.45) is 11.8 Å². The Kier molecular flexibility index (Phi) is 4.87. The van der Waals surface area contributed by atoms with Gasteiger partial charge < -0.3 is 5.32 Å². The number of benzene rings is 1. The molecule has 1 aliphatic heterocycles. The third-order valence-electron chi connectivity index (χ3n) is 4.60. The van der Waals surface area contributed by atoms with Crippen LogP contribution in [-0.2, 0) is 14.8 Å². The zero-order valence-electron chi connectivity index (χ0n) is 13.2. The quantitative estimate of drug-likeness (QED) is 0.874. The molecule has 3 rings (SSSR count). The van der Waals surface area contributed by atoms with Gasteiger partial charge in [-0.3, -0.25) is 4.79 Å². The number of piperidine rings is 1. The third-order valence-corrected chi connectivity index (χ3v) is 6.51. The standard InChI is InChI=1S/C16H20F2N2O3S/c17-13-3-4-14(18)15(9-13)24(22,23)20-7-5-12(6-8-20)16(21)19-10-11-1-2-11/h3-4,9,11-12H,1-2,5-8,10H2,(H,19,21). The molecule has 2 fully saturated rings. The lowest BCUT2D eigenvalue weighted by molar-refractivity contribution is -0.126. The van der Waals surface area contributed by atoms with Crippen molar-refractivity contribution in [3.05, 3.63) is 29.8 Å². The Hall–Kier alpha value is -1.54. The molecule has 24 heavy (non-hydrogen) atoms. The summed E-state index contributed by atoms with van der Waals surface area (Å²) in [5, 5.41) is 2.90. The Morgan fingerprint density at radius 1 is 1.17 bits per heavy atom. The molecule has 1 heterocycles. The van der Waals surface area contributed by atoms with Crippen molar-refractivity contribution in [2.75, 3.05) is 19.6 Å². The van der Waals surface area contributed by atoms with E-state index in [4.69, 9.17) is 0 Å². The van der Waals surface area contributed by atoms with Crippen LogP contribution in [0.4, 0.5) is 8.78 Å². The number of carbonyl (C=O) groups excluding carboxylic acids is 1. The average molecular weight is 358 g/mol. The zero-order valence-corrected chi connectivity index (χ0v) is 14.0. The monoisotopic (exact) mass is 358 g/mol. The molecule has 0 aromatic heterocycles. The molecule has 1 aliphatic carbocycles. The van der Waals surface area contributed by atoms with E-state index in [-0.39, 0.29) is 24.9 Å². The highest BCUT2D eigenvalue weighted by Gasteiger charge is 2.34. The maximum Gasteiger partial charge on any atom is 0.246 e. The van der Waals surface area contributed by atoms with Crippen LogP contribution in [0.5, 0.6) is 0 Å². The first-order valence-corrected chi connectivity index (χ1v) is 9.55. The van der Waals surface area contributed by atoms with Gasteiger partial charge in [-0.1, -0.05) is 0 Å². The van der Waals surface area contributed by atoms with Crippen molar-refractivity contribution in [2.45, 2.75) is 30.6 Å². The van der Waals surface area contributed by atoms with Gasteiger partial charge in [0.2, 0.25) is 15.9 Å². The van der Waals surface area contributed by atoms with E-state index in [0.717, 1.165) is 29.3 Å². The average Bonchev–Trinajstić information content (AvgIpc) is 3.39. The Morgan fingerprint density at radius 2 is 1.83 bits per heavy atom. The molecular weight excluding hydrogens is 338 g/mol. The predicted molar refractivity (Wildman–Crippen MR) is 83.6 cm³/mol. The summed E-state index contributed by atoms with van der Waals surface area (Å²) in [7, 11) is -4.09. The van der Waals surface area contributed by atoms with E-state index in [0.29, 0.717) is 31.4 Å². The lowest BCUT2D eigenvalue weighted by Crippen LogP contribution is -2.43. The van der Waals surface area contributed by atoms with Gasteiger partial charge in [-0.25, -0.2) is 17.2 Å². The zero-order chi connectivity index (χ0) is 17.3. The van der Waals surface area contributed by atoms with E-state index in [1.807, 2.05) is 0 Å². The minimum atomic E-state index is -4.09. The van der Waals surface area contributed by atoms with Crippen LogP contribution in [0.25, 0.3) is 0 Å². The van der Waals surface area contributed by atoms with Crippen molar-refractivity contribution in [3.8, 4) is 0 Å². The van der Waals surface area contributed by atoms with Crippen LogP contribution in [0, 0.1) is 23.5 Å². The molecule has 5 nitrogen and oxygen atoms in total. The molecule has 2 aliphatic rings. The van der Waals surface area contributed by atoms with Gasteiger partial charge in [0.1, 0.15) is 16.5 Å². The maximum absolute atomic E-state index is 13.8. The largest absolute Gasteiger partial charge is 0.356 e. The second kappa shape index (κ2) is 6.76. The van der Waals surface area contributed by atoms with Gasteiger partial charge in [0, 0.05) is 25.6 Å². The van der Waals surface area contributed by atoms with Gasteiger partial charge in [0.05, 0.1) is 0 Å². The molecule has 1 saturated carbocycles. The molecule has 0 unspecified atom stereocenters. The van der Waals surface area contributed by atoms with Crippen molar-refractivity contribution < 1.29 is 22.0 Å². The summed E-state index contributed by atoms with van der Waals surface area (Å²) >= 11 is 0. The number of hydrogen-bond acceptors (Lipinski definition) is 3. The number of rotatable bonds is 5. The summed E-state index contributed by atoms with van der Waals surface area (Å²) in [4.78, 5) is 11.4. The topological polar surface area (TPSA) is 66.5 Å². The van der Waals surface area contributed by atoms with Crippen LogP contribution < -0.4 is 5.32 Å². The molecule has 0 atom stereocenters. The molecule has 0 spiro atoms. The molecule has 1 aromatic carbocycles. The lowest BCUT2D eigenvalue weighted by Gasteiger charge is -2.30. The Balaban J connectivity index is 1.62. The van der Waals surface area contributed by atoms with Gasteiger partial charge in [0.25, 0.3) is 0 Å². The number of nitrogens with zero attached hydrogens (tertiary/aromatic N) is 1. The van der Waals surface area contributed by atoms with Crippen molar-refractivity contribution >= 4 is 15.9 Å². The number of amides is 1. The molecule has 0 bridgehead atoms. The van der Waals surface area contributed by atoms with Crippen molar-refractivity contribution in [3.63, 3.8) is 0 Å². The highest BCUT2D eigenvalue weighted by Crippen LogP contribution is 2.29. The summed E-state index contributed by atoms with van der Waals surface area (Å²) < 4.78 is 53.1. The van der Waals surface area contributed by atoms with Crippen LogP contribution >= 0.6 is 0 Å². The summed E-state index contributed by atoms with van der Waals surface area (Å²) in [6.45, 7) is 0.936. The molecule has 1 saturated heterocycles. The van der Waals surface area contributed by atoms with E-state index in [2.05, 4.69) is 5.32 Å². The molecule has 8 heteroatoms. The van der Waals surface area contributed by atoms with Crippen molar-refractivity contribution in [1.82, 2.24) is 9.62 Å². The number of carbonyl (C=O) groups is 1. The van der Waals surface area contributed by atoms with Gasteiger partial charge >= 0.3 is 0 Å². The Labute approximate surface area is 140 Å². The molecule has 1 N–H and O–H groups in total. The lowest BCUT2D eigenvalue weighted by atomic mass is 9.97. The van der Waals surface area contributed by atoms with Gasteiger partial charge in [-0.05, 0) is 49.8 Å². The fourth-order valence-corrected chi connectivity index (χ4v) is 4.43. The van der Waals surface area contributed by atoms with Crippen LogP contribution in [0.2, 0.25) is 0 Å². The van der Waals surface area contributed by atoms with E-state index in [1.165, 1.54) is 0 Å². The summed E-state index contributed by atoms with van der Waals surface area (Å²) in [5.74, 6) is -1.46. The minimum absolute atomic E-state index is 0.0455. The first kappa shape index (κ1) is 17.3. The van der Waals surface area contributed by atoms with E-state index in [1.54, 1.807) is 0 Å². The van der Waals surface area contributed by atoms with Crippen LogP contribution in [0.3, 0.4) is 0 Å². The summed E-state index contributed by atoms with van der Waals surface area (Å²) in [5.41, 5.74) is 0. The molecule has 132 valence electrons. The second-order valence-corrected chi connectivity index (χ2v) is 8.35. The molecular formula is C16H20F2N2O3S. The van der Waals surface area contributed by atoms with Gasteiger partial charge in [-0.15, -0.1) is 0 Å². The first-order valence-electron chi connectivity index (χ1n) is 8.11. The normalized spacial score (nSPS) is 20.1. The molecule has 0 radical (unpaired) electrons. The number of nitrogens with one attached hydrogen (secondary N) is 1.